The minimum Gasteiger partial charge on any atom is -0.461 e. The van der Waals surface area contributed by atoms with Crippen LogP contribution in [0.25, 0.3) is 33.7 Å². The number of hydrogen-bond acceptors (Lipinski definition) is 8. The number of benzene rings is 1. The quantitative estimate of drug-likeness (QED) is 0.394. The van der Waals surface area contributed by atoms with Crippen LogP contribution in [0.1, 0.15) is 19.2 Å². The molecule has 4 heterocycles. The maximum absolute atomic E-state index is 5.28. The molecule has 0 aliphatic rings. The van der Waals surface area contributed by atoms with Crippen LogP contribution in [-0.4, -0.2) is 29.9 Å². The maximum Gasteiger partial charge on any atom is 0.238 e. The van der Waals surface area contributed by atoms with Crippen LogP contribution < -0.4 is 0 Å². The van der Waals surface area contributed by atoms with E-state index in [9.17, 15) is 0 Å². The summed E-state index contributed by atoms with van der Waals surface area (Å²) in [6, 6.07) is 11.8. The minimum absolute atomic E-state index is 0.429. The molecule has 5 rings (SSSR count). The fraction of sp³-hybridized carbons (Fsp3) is 0.211. The molecule has 0 saturated heterocycles. The van der Waals surface area contributed by atoms with Gasteiger partial charge >= 0.3 is 0 Å². The molecule has 0 spiro atoms. The third-order valence-electron chi connectivity index (χ3n) is 4.34. The molecule has 0 aliphatic heterocycles. The van der Waals surface area contributed by atoms with Crippen LogP contribution in [0.3, 0.4) is 0 Å². The first kappa shape index (κ1) is 16.9. The molecule has 9 heteroatoms. The highest BCUT2D eigenvalue weighted by molar-refractivity contribution is 7.98. The highest BCUT2D eigenvalue weighted by Gasteiger charge is 2.16. The van der Waals surface area contributed by atoms with Gasteiger partial charge < -0.3 is 13.5 Å². The normalized spacial score (nSPS) is 11.6. The Labute approximate surface area is 164 Å². The van der Waals surface area contributed by atoms with Gasteiger partial charge in [-0.05, 0) is 24.6 Å². The fourth-order valence-corrected chi connectivity index (χ4v) is 3.77. The van der Waals surface area contributed by atoms with Crippen LogP contribution in [0.5, 0.6) is 0 Å². The van der Waals surface area contributed by atoms with Gasteiger partial charge in [0, 0.05) is 11.9 Å². The first-order valence-electron chi connectivity index (χ1n) is 8.94. The van der Waals surface area contributed by atoms with Crippen molar-refractivity contribution in [2.45, 2.75) is 30.8 Å². The summed E-state index contributed by atoms with van der Waals surface area (Å²) in [5.41, 5.74) is 2.80. The maximum atomic E-state index is 5.28. The molecule has 0 bridgehead atoms. The van der Waals surface area contributed by atoms with Crippen molar-refractivity contribution in [3.8, 4) is 11.6 Å². The first-order chi connectivity index (χ1) is 13.8. The molecule has 0 N–H and O–H groups in total. The van der Waals surface area contributed by atoms with E-state index in [2.05, 4.69) is 44.0 Å². The Morgan fingerprint density at radius 2 is 2.00 bits per heavy atom. The van der Waals surface area contributed by atoms with E-state index >= 15 is 0 Å². The van der Waals surface area contributed by atoms with Gasteiger partial charge in [0.15, 0.2) is 11.4 Å². The van der Waals surface area contributed by atoms with Gasteiger partial charge in [0.1, 0.15) is 5.52 Å². The standard InChI is InChI=1S/C19H16N6O2S/c1-2-9-25-13-7-4-3-6-12(13)16-18(25)21-19(23-22-16)28-11-15-20-17(24-27-15)14-8-5-10-26-14/h3-8,10H,2,9,11H2,1H3. The predicted molar refractivity (Wildman–Crippen MR) is 105 cm³/mol. The van der Waals surface area contributed by atoms with E-state index in [1.165, 1.54) is 11.8 Å². The van der Waals surface area contributed by atoms with Crippen molar-refractivity contribution in [2.75, 3.05) is 0 Å². The molecule has 0 radical (unpaired) electrons. The van der Waals surface area contributed by atoms with E-state index in [1.54, 1.807) is 18.4 Å². The zero-order chi connectivity index (χ0) is 18.9. The van der Waals surface area contributed by atoms with E-state index < -0.39 is 0 Å². The third kappa shape index (κ3) is 2.93. The van der Waals surface area contributed by atoms with Crippen molar-refractivity contribution in [1.29, 1.82) is 0 Å². The summed E-state index contributed by atoms with van der Waals surface area (Å²) in [6.45, 7) is 3.03. The second-order valence-corrected chi connectivity index (χ2v) is 7.16. The molecular weight excluding hydrogens is 376 g/mol. The van der Waals surface area contributed by atoms with E-state index in [0.29, 0.717) is 28.4 Å². The molecule has 0 atom stereocenters. The van der Waals surface area contributed by atoms with E-state index in [-0.39, 0.29) is 0 Å². The minimum atomic E-state index is 0.429. The lowest BCUT2D eigenvalue weighted by molar-refractivity contribution is 0.390. The van der Waals surface area contributed by atoms with Gasteiger partial charge in [0.2, 0.25) is 16.9 Å². The lowest BCUT2D eigenvalue weighted by atomic mass is 10.2. The van der Waals surface area contributed by atoms with Crippen molar-refractivity contribution >= 4 is 33.8 Å². The summed E-state index contributed by atoms with van der Waals surface area (Å²) in [5.74, 6) is 1.94. The third-order valence-corrected chi connectivity index (χ3v) is 5.16. The van der Waals surface area contributed by atoms with Crippen molar-refractivity contribution in [2.24, 2.45) is 0 Å². The number of para-hydroxylation sites is 1. The molecule has 0 amide bonds. The highest BCUT2D eigenvalue weighted by atomic mass is 32.2. The van der Waals surface area contributed by atoms with Crippen LogP contribution in [0.4, 0.5) is 0 Å². The Morgan fingerprint density at radius 3 is 2.86 bits per heavy atom. The number of aromatic nitrogens is 6. The van der Waals surface area contributed by atoms with Gasteiger partial charge in [0.05, 0.1) is 17.5 Å². The Hall–Kier alpha value is -3.20. The summed E-state index contributed by atoms with van der Waals surface area (Å²) in [4.78, 5) is 9.09. The summed E-state index contributed by atoms with van der Waals surface area (Å²) in [7, 11) is 0. The van der Waals surface area contributed by atoms with Crippen molar-refractivity contribution < 1.29 is 8.94 Å². The smallest absolute Gasteiger partial charge is 0.238 e. The topological polar surface area (TPSA) is 95.7 Å². The van der Waals surface area contributed by atoms with Gasteiger partial charge in [-0.1, -0.05) is 42.0 Å². The molecule has 140 valence electrons. The molecule has 28 heavy (non-hydrogen) atoms. The molecule has 1 aromatic carbocycles. The number of furan rings is 1. The molecule has 8 nitrogen and oxygen atoms in total. The van der Waals surface area contributed by atoms with Crippen LogP contribution in [0.2, 0.25) is 0 Å². The van der Waals surface area contributed by atoms with Crippen LogP contribution in [0.15, 0.2) is 56.8 Å². The summed E-state index contributed by atoms with van der Waals surface area (Å²) in [5, 5.41) is 14.3. The Bertz CT molecular complexity index is 1240. The number of hydrogen-bond donors (Lipinski definition) is 0. The second-order valence-electron chi connectivity index (χ2n) is 6.21. The average Bonchev–Trinajstić information content (AvgIpc) is 3.47. The number of aryl methyl sites for hydroxylation is 1. The average molecular weight is 392 g/mol. The van der Waals surface area contributed by atoms with Gasteiger partial charge in [-0.3, -0.25) is 0 Å². The molecule has 0 aliphatic carbocycles. The lowest BCUT2D eigenvalue weighted by Gasteiger charge is -2.04. The summed E-state index contributed by atoms with van der Waals surface area (Å²) >= 11 is 1.41. The molecule has 0 unspecified atom stereocenters. The number of fused-ring (bicyclic) bond motifs is 3. The van der Waals surface area contributed by atoms with Gasteiger partial charge in [-0.2, -0.15) is 4.98 Å². The van der Waals surface area contributed by atoms with Gasteiger partial charge in [0.25, 0.3) is 0 Å². The number of thioether (sulfide) groups is 1. The molecule has 0 fully saturated rings. The number of nitrogens with zero attached hydrogens (tertiary/aromatic N) is 6. The zero-order valence-electron chi connectivity index (χ0n) is 15.1. The second kappa shape index (κ2) is 7.08. The van der Waals surface area contributed by atoms with Crippen molar-refractivity contribution in [3.63, 3.8) is 0 Å². The molecule has 4 aromatic heterocycles. The monoisotopic (exact) mass is 392 g/mol. The van der Waals surface area contributed by atoms with E-state index in [0.717, 1.165) is 35.0 Å². The summed E-state index contributed by atoms with van der Waals surface area (Å²) < 4.78 is 12.8. The van der Waals surface area contributed by atoms with Crippen molar-refractivity contribution in [3.05, 3.63) is 48.6 Å². The van der Waals surface area contributed by atoms with Crippen LogP contribution >= 0.6 is 11.8 Å². The fourth-order valence-electron chi connectivity index (χ4n) is 3.15. The Morgan fingerprint density at radius 1 is 1.07 bits per heavy atom. The Kier molecular flexibility index (Phi) is 4.28. The van der Waals surface area contributed by atoms with E-state index in [1.807, 2.05) is 12.1 Å². The molecule has 0 saturated carbocycles. The first-order valence-corrected chi connectivity index (χ1v) is 9.93. The number of rotatable bonds is 6. The van der Waals surface area contributed by atoms with Gasteiger partial charge in [-0.15, -0.1) is 10.2 Å². The Balaban J connectivity index is 1.43. The SMILES string of the molecule is CCCn1c2ccccc2c2nnc(SCc3nc(-c4ccco4)no3)nc21. The van der Waals surface area contributed by atoms with Gasteiger partial charge in [-0.25, -0.2) is 4.98 Å². The largest absolute Gasteiger partial charge is 0.461 e. The van der Waals surface area contributed by atoms with E-state index in [4.69, 9.17) is 13.9 Å². The summed E-state index contributed by atoms with van der Waals surface area (Å²) in [6.07, 6.45) is 2.59. The van der Waals surface area contributed by atoms with Crippen LogP contribution in [0, 0.1) is 0 Å². The lowest BCUT2D eigenvalue weighted by Crippen LogP contribution is -2.00. The van der Waals surface area contributed by atoms with Crippen molar-refractivity contribution in [1.82, 2.24) is 29.9 Å². The zero-order valence-corrected chi connectivity index (χ0v) is 15.9. The highest BCUT2D eigenvalue weighted by Crippen LogP contribution is 2.28. The van der Waals surface area contributed by atoms with Crippen LogP contribution in [-0.2, 0) is 12.3 Å². The molecular formula is C19H16N6O2S. The molecule has 5 aromatic rings. The predicted octanol–water partition coefficient (Wildman–Crippen LogP) is 4.32.